The largest absolute Gasteiger partial charge is 0.481 e. The molecule has 87 heavy (non-hydrogen) atoms. The molecule has 4 heterocycles. The van der Waals surface area contributed by atoms with E-state index in [2.05, 4.69) is 17.0 Å². The molecule has 0 aliphatic carbocycles. The number of likely N-dealkylation sites (tertiary alicyclic amines) is 4. The summed E-state index contributed by atoms with van der Waals surface area (Å²) in [5.74, 6) is -5.27. The lowest BCUT2D eigenvalue weighted by Gasteiger charge is -2.24. The van der Waals surface area contributed by atoms with Gasteiger partial charge in [0.2, 0.25) is 0 Å². The van der Waals surface area contributed by atoms with Crippen LogP contribution in [0.3, 0.4) is 0 Å². The topological polar surface area (TPSA) is 321 Å². The zero-order valence-electron chi connectivity index (χ0n) is 54.2. The number of carbonyl (C=O) groups excluding carboxylic acids is 11. The van der Waals surface area contributed by atoms with Crippen LogP contribution in [0.1, 0.15) is 130 Å². The number of ether oxygens (including phenoxy) is 5. The summed E-state index contributed by atoms with van der Waals surface area (Å²) >= 11 is 0. The van der Waals surface area contributed by atoms with Crippen LogP contribution in [0.4, 0.5) is 14.4 Å². The molecule has 0 bridgehead atoms. The standard InChI is InChI=1S/C16H21NO3.C13H21NO6.C12H21NO3.C11H19NO3.C6H8O2.C5H6O3/c1-3-20-16(19)15-11-17(10-14(15)12(2)18)9-13-7-5-4-6-8-13;1-5-19-11(17)9-7-14(6-8(9)10(15)16)12(18)20-13(2,3)4;1-8-6-13(7-10(8)9(2)14)11(15)16-12(3,4)5;1-8-5-12(6-9(8)7-13)10(14)15-11(2,3)4;1-5(7)3-4-6(2)8;1-4(6)2-3-5(7)8/h4-8,14-15H,3,9-11H2,1-2H3;8-9H,5-7H2,1-4H3,(H,15,16);8,10H,6-7H2,1-5H3;7-9H,5-6H2,1-4H3;3-4H,1-2H3;2-3H,1H3,(H,7,8)/b;;;;4-3+;3-2+/t14-,15+;8-,9-;8-,10-;8-,9+;;/m0111../s1. The van der Waals surface area contributed by atoms with E-state index in [4.69, 9.17) is 33.9 Å². The number of amides is 3. The van der Waals surface area contributed by atoms with E-state index in [0.29, 0.717) is 45.9 Å². The van der Waals surface area contributed by atoms with Crippen LogP contribution in [0.5, 0.6) is 0 Å². The van der Waals surface area contributed by atoms with Crippen molar-refractivity contribution in [1.29, 1.82) is 0 Å². The van der Waals surface area contributed by atoms with Crippen molar-refractivity contribution in [2.75, 3.05) is 65.6 Å². The highest BCUT2D eigenvalue weighted by Gasteiger charge is 2.46. The van der Waals surface area contributed by atoms with Crippen molar-refractivity contribution in [3.8, 4) is 0 Å². The van der Waals surface area contributed by atoms with Gasteiger partial charge in [-0.15, -0.1) is 0 Å². The first kappa shape index (κ1) is 79.4. The third kappa shape index (κ3) is 33.2. The van der Waals surface area contributed by atoms with Gasteiger partial charge in [-0.25, -0.2) is 19.2 Å². The van der Waals surface area contributed by atoms with Crippen molar-refractivity contribution in [2.45, 2.75) is 148 Å². The molecule has 5 rings (SSSR count). The summed E-state index contributed by atoms with van der Waals surface area (Å²) in [7, 11) is 0. The Bertz CT molecular complexity index is 2490. The number of carbonyl (C=O) groups is 13. The van der Waals surface area contributed by atoms with E-state index in [0.717, 1.165) is 25.0 Å². The molecule has 2 N–H and O–H groups in total. The molecule has 8 atom stereocenters. The number of rotatable bonds is 14. The van der Waals surface area contributed by atoms with Gasteiger partial charge in [-0.3, -0.25) is 43.3 Å². The van der Waals surface area contributed by atoms with Crippen LogP contribution in [0, 0.1) is 47.3 Å². The number of ketones is 5. The van der Waals surface area contributed by atoms with Crippen molar-refractivity contribution in [2.24, 2.45) is 47.3 Å². The molecule has 0 aromatic heterocycles. The molecule has 4 aliphatic rings. The van der Waals surface area contributed by atoms with Gasteiger partial charge < -0.3 is 53.4 Å². The van der Waals surface area contributed by atoms with Gasteiger partial charge in [0, 0.05) is 82.7 Å². The Labute approximate surface area is 512 Å². The monoisotopic (exact) mass is 1230 g/mol. The fourth-order valence-corrected chi connectivity index (χ4v) is 8.81. The van der Waals surface area contributed by atoms with Gasteiger partial charge in [-0.05, 0) is 146 Å². The predicted molar refractivity (Wildman–Crippen MR) is 321 cm³/mol. The number of hydrogen-bond acceptors (Lipinski definition) is 19. The first-order valence-corrected chi connectivity index (χ1v) is 28.9. The Hall–Kier alpha value is -7.63. The van der Waals surface area contributed by atoms with E-state index in [-0.39, 0.29) is 102 Å². The number of allylic oxidation sites excluding steroid dienone is 3. The van der Waals surface area contributed by atoms with Crippen molar-refractivity contribution < 1.29 is 96.2 Å². The minimum Gasteiger partial charge on any atom is -0.481 e. The van der Waals surface area contributed by atoms with E-state index in [1.807, 2.05) is 73.6 Å². The van der Waals surface area contributed by atoms with Gasteiger partial charge in [0.05, 0.1) is 31.0 Å². The minimum absolute atomic E-state index is 0.00468. The summed E-state index contributed by atoms with van der Waals surface area (Å²) in [5.41, 5.74) is -0.425. The summed E-state index contributed by atoms with van der Waals surface area (Å²) in [6, 6.07) is 10.1. The third-order valence-corrected chi connectivity index (χ3v) is 12.9. The van der Waals surface area contributed by atoms with Crippen molar-refractivity contribution in [1.82, 2.24) is 19.6 Å². The summed E-state index contributed by atoms with van der Waals surface area (Å²) in [5, 5.41) is 17.1. The van der Waals surface area contributed by atoms with Crippen LogP contribution in [-0.2, 0) is 78.2 Å². The normalized spacial score (nSPS) is 21.5. The lowest BCUT2D eigenvalue weighted by Crippen LogP contribution is -2.36. The number of nitrogens with zero attached hydrogens (tertiary/aromatic N) is 4. The fourth-order valence-electron chi connectivity index (χ4n) is 8.81. The maximum atomic E-state index is 12.0. The number of carboxylic acid groups (broad SMARTS) is 2. The van der Waals surface area contributed by atoms with Crippen LogP contribution < -0.4 is 0 Å². The Morgan fingerprint density at radius 2 is 0.839 bits per heavy atom. The highest BCUT2D eigenvalue weighted by Crippen LogP contribution is 2.29. The first-order valence-electron chi connectivity index (χ1n) is 28.9. The molecule has 0 saturated carbocycles. The van der Waals surface area contributed by atoms with E-state index < -0.39 is 52.6 Å². The molecule has 1 aromatic rings. The molecule has 0 spiro atoms. The molecule has 4 fully saturated rings. The van der Waals surface area contributed by atoms with Gasteiger partial charge in [0.1, 0.15) is 34.7 Å². The zero-order valence-corrected chi connectivity index (χ0v) is 54.2. The van der Waals surface area contributed by atoms with Crippen LogP contribution in [0.2, 0.25) is 0 Å². The second-order valence-electron chi connectivity index (χ2n) is 24.5. The average Bonchev–Trinajstić information content (AvgIpc) is 3.95. The van der Waals surface area contributed by atoms with E-state index in [1.54, 1.807) is 58.3 Å². The molecule has 4 saturated heterocycles. The van der Waals surface area contributed by atoms with Crippen LogP contribution >= 0.6 is 0 Å². The molecular weight excluding hydrogens is 1130 g/mol. The molecule has 488 valence electrons. The van der Waals surface area contributed by atoms with Crippen molar-refractivity contribution >= 4 is 77.4 Å². The van der Waals surface area contributed by atoms with Crippen LogP contribution in [0.15, 0.2) is 54.6 Å². The SMILES string of the molecule is CC(=O)/C=C/C(=O)O.CC(=O)/C=C/C(C)=O.CC(=O)[C@@H]1CN(C(=O)OC(C)(C)C)C[C@H]1C.CCOC(=O)[C@@H]1CN(C(=O)OC(C)(C)C)C[C@H]1C(=O)O.CCOC(=O)[C@@H]1CN(Cc2ccccc2)C[C@H]1C(C)=O.C[C@@H]1CN(C(=O)OC(C)(C)C)C[C@H]1C=O. The van der Waals surface area contributed by atoms with Crippen LogP contribution in [0.25, 0.3) is 0 Å². The second-order valence-corrected chi connectivity index (χ2v) is 24.5. The highest BCUT2D eigenvalue weighted by atomic mass is 16.6. The Kier molecular flexibility index (Phi) is 34.5. The lowest BCUT2D eigenvalue weighted by atomic mass is 9.93. The summed E-state index contributed by atoms with van der Waals surface area (Å²) in [6.45, 7) is 35.5. The van der Waals surface area contributed by atoms with Gasteiger partial charge in [-0.2, -0.15) is 0 Å². The van der Waals surface area contributed by atoms with E-state index >= 15 is 0 Å². The Morgan fingerprint density at radius 3 is 1.17 bits per heavy atom. The van der Waals surface area contributed by atoms with Gasteiger partial charge in [0.25, 0.3) is 0 Å². The number of Topliss-reactive ketones (excluding diaryl/α,β-unsaturated/α-hetero) is 2. The molecule has 3 amide bonds. The van der Waals surface area contributed by atoms with Crippen LogP contribution in [-0.4, -0.2) is 190 Å². The van der Waals surface area contributed by atoms with Gasteiger partial charge in [-0.1, -0.05) is 44.2 Å². The predicted octanol–water partition coefficient (Wildman–Crippen LogP) is 7.71. The number of benzene rings is 1. The van der Waals surface area contributed by atoms with E-state index in [9.17, 15) is 62.3 Å². The second kappa shape index (κ2) is 37.8. The summed E-state index contributed by atoms with van der Waals surface area (Å²) < 4.78 is 25.6. The molecule has 4 aliphatic heterocycles. The molecule has 24 nitrogen and oxygen atoms in total. The van der Waals surface area contributed by atoms with Gasteiger partial charge >= 0.3 is 42.2 Å². The van der Waals surface area contributed by atoms with Crippen molar-refractivity contribution in [3.63, 3.8) is 0 Å². The smallest absolute Gasteiger partial charge is 0.410 e. The number of carboxylic acids is 2. The Balaban J connectivity index is 0.00000105. The Morgan fingerprint density at radius 1 is 0.483 bits per heavy atom. The third-order valence-electron chi connectivity index (χ3n) is 12.9. The highest BCUT2D eigenvalue weighted by molar-refractivity contribution is 5.96. The number of esters is 2. The first-order chi connectivity index (χ1) is 40.1. The van der Waals surface area contributed by atoms with Gasteiger partial charge in [0.15, 0.2) is 17.3 Å². The zero-order chi connectivity index (χ0) is 67.3. The molecule has 0 unspecified atom stereocenters. The molecule has 1 aromatic carbocycles. The summed E-state index contributed by atoms with van der Waals surface area (Å²) in [4.78, 5) is 150. The molecule has 24 heteroatoms. The molecule has 0 radical (unpaired) electrons. The fraction of sp³-hybridized carbons (Fsp3) is 0.635. The van der Waals surface area contributed by atoms with E-state index in [1.165, 1.54) is 43.4 Å². The average molecular weight is 1230 g/mol. The number of aliphatic carboxylic acids is 2. The quantitative estimate of drug-likeness (QED) is 0.0779. The van der Waals surface area contributed by atoms with Crippen molar-refractivity contribution in [3.05, 3.63) is 60.2 Å². The maximum Gasteiger partial charge on any atom is 0.410 e. The lowest BCUT2D eigenvalue weighted by molar-refractivity contribution is -0.155. The molecular formula is C63H96N4O20. The minimum atomic E-state index is -1.12. The number of hydrogen-bond donors (Lipinski definition) is 2. The number of aldehydes is 1. The maximum absolute atomic E-state index is 12.0. The summed E-state index contributed by atoms with van der Waals surface area (Å²) in [6.07, 6.45) is 3.99.